The van der Waals surface area contributed by atoms with Crippen molar-refractivity contribution in [1.29, 1.82) is 0 Å². The summed E-state index contributed by atoms with van der Waals surface area (Å²) < 4.78 is 13.4. The summed E-state index contributed by atoms with van der Waals surface area (Å²) in [5, 5.41) is 2.81. The van der Waals surface area contributed by atoms with Gasteiger partial charge in [0, 0.05) is 26.2 Å². The molecule has 3 N–H and O–H groups in total. The van der Waals surface area contributed by atoms with Gasteiger partial charge in [0.25, 0.3) is 0 Å². The molecule has 18 heavy (non-hydrogen) atoms. The number of nitrogens with zero attached hydrogens (tertiary/aromatic N) is 1. The fourth-order valence-corrected chi connectivity index (χ4v) is 2.21. The Hall–Kier alpha value is -1.46. The molecule has 0 bridgehead atoms. The van der Waals surface area contributed by atoms with Crippen LogP contribution in [0.3, 0.4) is 0 Å². The second-order valence-corrected chi connectivity index (χ2v) is 4.61. The number of halogens is 1. The summed E-state index contributed by atoms with van der Waals surface area (Å²) in [5.74, 6) is -0.251. The van der Waals surface area contributed by atoms with Crippen molar-refractivity contribution in [1.82, 2.24) is 10.2 Å². The van der Waals surface area contributed by atoms with Gasteiger partial charge in [0.05, 0.1) is 6.04 Å². The van der Waals surface area contributed by atoms with Crippen LogP contribution in [-0.4, -0.2) is 29.9 Å². The summed E-state index contributed by atoms with van der Waals surface area (Å²) in [6, 6.07) is 4.65. The maximum atomic E-state index is 13.4. The first-order valence-electron chi connectivity index (χ1n) is 6.10. The molecule has 1 aromatic rings. The molecule has 1 aromatic carbocycles. The minimum Gasteiger partial charge on any atom is -0.353 e. The van der Waals surface area contributed by atoms with Gasteiger partial charge in [-0.25, -0.2) is 4.39 Å². The second-order valence-electron chi connectivity index (χ2n) is 4.61. The minimum atomic E-state index is -0.276. The number of nitrogens with two attached hydrogens (primary N) is 1. The van der Waals surface area contributed by atoms with E-state index in [2.05, 4.69) is 5.32 Å². The van der Waals surface area contributed by atoms with E-state index >= 15 is 0 Å². The summed E-state index contributed by atoms with van der Waals surface area (Å²) in [6.45, 7) is 4.17. The highest BCUT2D eigenvalue weighted by Gasteiger charge is 2.25. The first-order chi connectivity index (χ1) is 8.60. The highest BCUT2D eigenvalue weighted by atomic mass is 19.1. The molecule has 1 unspecified atom stereocenters. The maximum Gasteiger partial charge on any atom is 0.237 e. The molecule has 4 nitrogen and oxygen atoms in total. The van der Waals surface area contributed by atoms with Crippen molar-refractivity contribution in [2.45, 2.75) is 26.1 Å². The number of hydrogen-bond donors (Lipinski definition) is 2. The molecule has 1 aliphatic heterocycles. The van der Waals surface area contributed by atoms with Crippen LogP contribution in [0.25, 0.3) is 0 Å². The number of benzene rings is 1. The number of amides is 1. The van der Waals surface area contributed by atoms with Gasteiger partial charge in [0.15, 0.2) is 0 Å². The van der Waals surface area contributed by atoms with Crippen LogP contribution in [0.15, 0.2) is 18.2 Å². The van der Waals surface area contributed by atoms with Gasteiger partial charge < -0.3 is 11.1 Å². The Balaban J connectivity index is 2.13. The quantitative estimate of drug-likeness (QED) is 0.827. The minimum absolute atomic E-state index is 0.0247. The van der Waals surface area contributed by atoms with Crippen LogP contribution in [0.4, 0.5) is 4.39 Å². The SMILES string of the molecule is CC1C(=O)NCCN1Cc1cc(F)cc(CN)c1. The number of carbonyl (C=O) groups is 1. The highest BCUT2D eigenvalue weighted by molar-refractivity contribution is 5.81. The number of hydrogen-bond acceptors (Lipinski definition) is 3. The molecule has 1 aliphatic rings. The Labute approximate surface area is 106 Å². The maximum absolute atomic E-state index is 13.4. The molecule has 1 amide bonds. The van der Waals surface area contributed by atoms with Crippen molar-refractivity contribution in [2.75, 3.05) is 13.1 Å². The third-order valence-electron chi connectivity index (χ3n) is 3.26. The molecule has 1 heterocycles. The lowest BCUT2D eigenvalue weighted by molar-refractivity contribution is -0.128. The van der Waals surface area contributed by atoms with E-state index in [1.54, 1.807) is 0 Å². The Morgan fingerprint density at radius 2 is 2.17 bits per heavy atom. The molecule has 2 rings (SSSR count). The number of piperazine rings is 1. The Bertz CT molecular complexity index is 450. The average Bonchev–Trinajstić information content (AvgIpc) is 2.34. The molecule has 0 aliphatic carbocycles. The Kier molecular flexibility index (Phi) is 3.93. The van der Waals surface area contributed by atoms with Gasteiger partial charge in [-0.05, 0) is 30.2 Å². The molecular weight excluding hydrogens is 233 g/mol. The molecule has 5 heteroatoms. The van der Waals surface area contributed by atoms with Crippen molar-refractivity contribution < 1.29 is 9.18 Å². The number of rotatable bonds is 3. The van der Waals surface area contributed by atoms with Crippen LogP contribution in [0.2, 0.25) is 0 Å². The topological polar surface area (TPSA) is 58.4 Å². The first kappa shape index (κ1) is 13.0. The van der Waals surface area contributed by atoms with Crippen LogP contribution in [-0.2, 0) is 17.9 Å². The van der Waals surface area contributed by atoms with Gasteiger partial charge in [0.1, 0.15) is 5.82 Å². The summed E-state index contributed by atoms with van der Waals surface area (Å²) in [5.41, 5.74) is 7.16. The number of carbonyl (C=O) groups excluding carboxylic acids is 1. The zero-order chi connectivity index (χ0) is 13.1. The molecule has 1 atom stereocenters. The second kappa shape index (κ2) is 5.46. The lowest BCUT2D eigenvalue weighted by Gasteiger charge is -2.32. The van der Waals surface area contributed by atoms with E-state index in [1.807, 2.05) is 17.9 Å². The molecular formula is C13H18FN3O. The average molecular weight is 251 g/mol. The van der Waals surface area contributed by atoms with Gasteiger partial charge in [-0.15, -0.1) is 0 Å². The van der Waals surface area contributed by atoms with E-state index < -0.39 is 0 Å². The molecule has 0 radical (unpaired) electrons. The lowest BCUT2D eigenvalue weighted by Crippen LogP contribution is -2.53. The summed E-state index contributed by atoms with van der Waals surface area (Å²) in [4.78, 5) is 13.6. The molecule has 98 valence electrons. The van der Waals surface area contributed by atoms with Crippen LogP contribution >= 0.6 is 0 Å². The van der Waals surface area contributed by atoms with Crippen LogP contribution in [0, 0.1) is 5.82 Å². The van der Waals surface area contributed by atoms with Crippen LogP contribution in [0.1, 0.15) is 18.1 Å². The summed E-state index contributed by atoms with van der Waals surface area (Å²) in [6.07, 6.45) is 0. The third-order valence-corrected chi connectivity index (χ3v) is 3.26. The Morgan fingerprint density at radius 3 is 2.89 bits per heavy atom. The van der Waals surface area contributed by atoms with E-state index in [4.69, 9.17) is 5.73 Å². The predicted octanol–water partition coefficient (Wildman–Crippen LogP) is 0.605. The van der Waals surface area contributed by atoms with Crippen molar-refractivity contribution in [3.8, 4) is 0 Å². The van der Waals surface area contributed by atoms with Crippen LogP contribution in [0.5, 0.6) is 0 Å². The van der Waals surface area contributed by atoms with Crippen LogP contribution < -0.4 is 11.1 Å². The zero-order valence-electron chi connectivity index (χ0n) is 10.4. The monoisotopic (exact) mass is 251 g/mol. The van der Waals surface area contributed by atoms with Crippen molar-refractivity contribution in [3.05, 3.63) is 35.1 Å². The van der Waals surface area contributed by atoms with Gasteiger partial charge in [-0.2, -0.15) is 0 Å². The molecule has 1 fully saturated rings. The van der Waals surface area contributed by atoms with E-state index in [0.717, 1.165) is 17.7 Å². The van der Waals surface area contributed by atoms with E-state index in [-0.39, 0.29) is 17.8 Å². The van der Waals surface area contributed by atoms with Gasteiger partial charge in [-0.1, -0.05) is 6.07 Å². The van der Waals surface area contributed by atoms with Gasteiger partial charge >= 0.3 is 0 Å². The van der Waals surface area contributed by atoms with Gasteiger partial charge in [0.2, 0.25) is 5.91 Å². The molecule has 0 aromatic heterocycles. The summed E-state index contributed by atoms with van der Waals surface area (Å²) >= 11 is 0. The number of nitrogens with one attached hydrogen (secondary N) is 1. The molecule has 1 saturated heterocycles. The molecule has 0 saturated carbocycles. The van der Waals surface area contributed by atoms with E-state index in [9.17, 15) is 9.18 Å². The standard InChI is InChI=1S/C13H18FN3O/c1-9-13(18)16-2-3-17(9)8-11-4-10(7-15)5-12(14)6-11/h4-6,9H,2-3,7-8,15H2,1H3,(H,16,18). The zero-order valence-corrected chi connectivity index (χ0v) is 10.4. The van der Waals surface area contributed by atoms with Crippen molar-refractivity contribution in [3.63, 3.8) is 0 Å². The lowest BCUT2D eigenvalue weighted by atomic mass is 10.1. The smallest absolute Gasteiger partial charge is 0.237 e. The summed E-state index contributed by atoms with van der Waals surface area (Å²) in [7, 11) is 0. The van der Waals surface area contributed by atoms with Crippen molar-refractivity contribution in [2.24, 2.45) is 5.73 Å². The largest absolute Gasteiger partial charge is 0.353 e. The fraction of sp³-hybridized carbons (Fsp3) is 0.462. The Morgan fingerprint density at radius 1 is 1.44 bits per heavy atom. The fourth-order valence-electron chi connectivity index (χ4n) is 2.21. The van der Waals surface area contributed by atoms with Crippen molar-refractivity contribution >= 4 is 5.91 Å². The van der Waals surface area contributed by atoms with E-state index in [1.165, 1.54) is 12.1 Å². The highest BCUT2D eigenvalue weighted by Crippen LogP contribution is 2.14. The predicted molar refractivity (Wildman–Crippen MR) is 67.2 cm³/mol. The normalized spacial score (nSPS) is 20.8. The van der Waals surface area contributed by atoms with E-state index in [0.29, 0.717) is 19.6 Å². The molecule has 0 spiro atoms. The third kappa shape index (κ3) is 2.86. The van der Waals surface area contributed by atoms with Gasteiger partial charge in [-0.3, -0.25) is 9.69 Å². The first-order valence-corrected chi connectivity index (χ1v) is 6.10.